The summed E-state index contributed by atoms with van der Waals surface area (Å²) >= 11 is 2.09. The first-order valence-electron chi connectivity index (χ1n) is 6.24. The molecule has 0 spiro atoms. The third kappa shape index (κ3) is 6.18. The van der Waals surface area contributed by atoms with Crippen LogP contribution in [0.2, 0.25) is 0 Å². The van der Waals surface area contributed by atoms with Crippen LogP contribution in [-0.2, 0) is 0 Å². The van der Waals surface area contributed by atoms with Gasteiger partial charge in [-0.3, -0.25) is 4.99 Å². The lowest BCUT2D eigenvalue weighted by Gasteiger charge is -2.34. The van der Waals surface area contributed by atoms with Gasteiger partial charge in [-0.15, -0.1) is 24.0 Å². The zero-order valence-corrected chi connectivity index (χ0v) is 14.5. The minimum Gasteiger partial charge on any atom is -0.356 e. The van der Waals surface area contributed by atoms with Gasteiger partial charge in [-0.1, -0.05) is 20.8 Å². The van der Waals surface area contributed by atoms with Crippen molar-refractivity contribution in [2.24, 2.45) is 10.9 Å². The van der Waals surface area contributed by atoms with Crippen LogP contribution < -0.4 is 5.32 Å². The van der Waals surface area contributed by atoms with Crippen molar-refractivity contribution in [3.8, 4) is 0 Å². The van der Waals surface area contributed by atoms with Crippen molar-refractivity contribution >= 4 is 41.7 Å². The molecule has 1 N–H and O–H groups in total. The van der Waals surface area contributed by atoms with E-state index in [2.05, 4.69) is 47.7 Å². The first-order valence-corrected chi connectivity index (χ1v) is 7.29. The number of guanidine groups is 1. The van der Waals surface area contributed by atoms with E-state index < -0.39 is 0 Å². The molecule has 0 aromatic carbocycles. The molecule has 102 valence electrons. The molecule has 0 amide bonds. The van der Waals surface area contributed by atoms with Gasteiger partial charge in [0.05, 0.1) is 0 Å². The molecule has 17 heavy (non-hydrogen) atoms. The molecular weight excluding hydrogens is 345 g/mol. The number of rotatable bonds is 3. The number of aliphatic imine (C=N–C) groups is 1. The fourth-order valence-electron chi connectivity index (χ4n) is 1.79. The predicted molar refractivity (Wildman–Crippen MR) is 89.7 cm³/mol. The molecule has 1 aliphatic rings. The number of nitrogens with zero attached hydrogens (tertiary/aromatic N) is 2. The molecule has 1 fully saturated rings. The summed E-state index contributed by atoms with van der Waals surface area (Å²) in [6.45, 7) is 9.98. The number of halogens is 1. The van der Waals surface area contributed by atoms with Gasteiger partial charge < -0.3 is 10.2 Å². The SMILES string of the molecule is CCC1CN(C(=NC)NCC(C)C)CCS1.I. The van der Waals surface area contributed by atoms with Crippen LogP contribution in [0.1, 0.15) is 27.2 Å². The fourth-order valence-corrected chi connectivity index (χ4v) is 2.97. The van der Waals surface area contributed by atoms with Crippen LogP contribution in [0.5, 0.6) is 0 Å². The Morgan fingerprint density at radius 3 is 2.76 bits per heavy atom. The lowest BCUT2D eigenvalue weighted by Crippen LogP contribution is -2.48. The van der Waals surface area contributed by atoms with Gasteiger partial charge in [0.25, 0.3) is 0 Å². The third-order valence-electron chi connectivity index (χ3n) is 2.77. The van der Waals surface area contributed by atoms with Gasteiger partial charge in [0, 0.05) is 37.7 Å². The van der Waals surface area contributed by atoms with Crippen molar-refractivity contribution in [3.05, 3.63) is 0 Å². The molecule has 3 nitrogen and oxygen atoms in total. The summed E-state index contributed by atoms with van der Waals surface area (Å²) in [4.78, 5) is 6.77. The lowest BCUT2D eigenvalue weighted by atomic mass is 10.2. The van der Waals surface area contributed by atoms with Gasteiger partial charge in [0.2, 0.25) is 0 Å². The van der Waals surface area contributed by atoms with Crippen molar-refractivity contribution in [3.63, 3.8) is 0 Å². The molecule has 0 saturated carbocycles. The molecule has 1 heterocycles. The largest absolute Gasteiger partial charge is 0.356 e. The standard InChI is InChI=1S/C12H25N3S.HI/c1-5-11-9-15(6-7-16-11)12(13-4)14-8-10(2)3;/h10-11H,5-9H2,1-4H3,(H,13,14);1H. The van der Waals surface area contributed by atoms with E-state index in [0.29, 0.717) is 5.92 Å². The molecular formula is C12H26IN3S. The molecule has 0 aromatic heterocycles. The van der Waals surface area contributed by atoms with Crippen molar-refractivity contribution in [2.75, 3.05) is 32.4 Å². The molecule has 1 rings (SSSR count). The summed E-state index contributed by atoms with van der Waals surface area (Å²) in [5.41, 5.74) is 0. The van der Waals surface area contributed by atoms with Crippen LogP contribution in [-0.4, -0.2) is 48.5 Å². The first kappa shape index (κ1) is 17.4. The average molecular weight is 371 g/mol. The Morgan fingerprint density at radius 1 is 1.53 bits per heavy atom. The molecule has 0 aromatic rings. The van der Waals surface area contributed by atoms with E-state index in [9.17, 15) is 0 Å². The number of thioether (sulfide) groups is 1. The van der Waals surface area contributed by atoms with Crippen LogP contribution in [0.4, 0.5) is 0 Å². The first-order chi connectivity index (χ1) is 7.67. The number of hydrogen-bond donors (Lipinski definition) is 1. The van der Waals surface area contributed by atoms with Gasteiger partial charge >= 0.3 is 0 Å². The smallest absolute Gasteiger partial charge is 0.193 e. The van der Waals surface area contributed by atoms with E-state index in [1.165, 1.54) is 12.2 Å². The molecule has 0 bridgehead atoms. The Balaban J connectivity index is 0.00000256. The Kier molecular flexibility index (Phi) is 9.49. The summed E-state index contributed by atoms with van der Waals surface area (Å²) in [7, 11) is 1.88. The molecule has 1 aliphatic heterocycles. The predicted octanol–water partition coefficient (Wildman–Crippen LogP) is 2.66. The minimum atomic E-state index is 0. The number of hydrogen-bond acceptors (Lipinski definition) is 2. The molecule has 0 aliphatic carbocycles. The third-order valence-corrected chi connectivity index (χ3v) is 4.15. The minimum absolute atomic E-state index is 0. The lowest BCUT2D eigenvalue weighted by molar-refractivity contribution is 0.404. The quantitative estimate of drug-likeness (QED) is 0.470. The van der Waals surface area contributed by atoms with E-state index in [1.807, 2.05) is 7.05 Å². The maximum absolute atomic E-state index is 4.37. The van der Waals surface area contributed by atoms with Crippen molar-refractivity contribution < 1.29 is 0 Å². The van der Waals surface area contributed by atoms with E-state index in [1.54, 1.807) is 0 Å². The summed E-state index contributed by atoms with van der Waals surface area (Å²) in [6, 6.07) is 0. The maximum atomic E-state index is 4.37. The summed E-state index contributed by atoms with van der Waals surface area (Å²) in [5.74, 6) is 2.96. The topological polar surface area (TPSA) is 27.6 Å². The van der Waals surface area contributed by atoms with Gasteiger partial charge in [-0.05, 0) is 12.3 Å². The molecule has 1 saturated heterocycles. The second kappa shape index (κ2) is 9.30. The highest BCUT2D eigenvalue weighted by Crippen LogP contribution is 2.20. The van der Waals surface area contributed by atoms with Crippen molar-refractivity contribution in [1.29, 1.82) is 0 Å². The Bertz CT molecular complexity index is 234. The van der Waals surface area contributed by atoms with E-state index >= 15 is 0 Å². The number of nitrogens with one attached hydrogen (secondary N) is 1. The van der Waals surface area contributed by atoms with Crippen molar-refractivity contribution in [2.45, 2.75) is 32.4 Å². The summed E-state index contributed by atoms with van der Waals surface area (Å²) in [5, 5.41) is 4.22. The van der Waals surface area contributed by atoms with Crippen LogP contribution in [0, 0.1) is 5.92 Å². The summed E-state index contributed by atoms with van der Waals surface area (Å²) < 4.78 is 0. The molecule has 1 unspecified atom stereocenters. The zero-order valence-electron chi connectivity index (χ0n) is 11.4. The Morgan fingerprint density at radius 2 is 2.24 bits per heavy atom. The van der Waals surface area contributed by atoms with Crippen LogP contribution in [0.15, 0.2) is 4.99 Å². The highest BCUT2D eigenvalue weighted by molar-refractivity contribution is 14.0. The van der Waals surface area contributed by atoms with E-state index in [-0.39, 0.29) is 24.0 Å². The normalized spacial score (nSPS) is 21.4. The highest BCUT2D eigenvalue weighted by atomic mass is 127. The second-order valence-corrected chi connectivity index (χ2v) is 6.08. The van der Waals surface area contributed by atoms with Gasteiger partial charge in [-0.2, -0.15) is 11.8 Å². The van der Waals surface area contributed by atoms with Crippen molar-refractivity contribution in [1.82, 2.24) is 10.2 Å². The second-order valence-electron chi connectivity index (χ2n) is 4.67. The highest BCUT2D eigenvalue weighted by Gasteiger charge is 2.21. The Labute approximate surface area is 127 Å². The summed E-state index contributed by atoms with van der Waals surface area (Å²) in [6.07, 6.45) is 1.25. The van der Waals surface area contributed by atoms with Gasteiger partial charge in [0.15, 0.2) is 5.96 Å². The van der Waals surface area contributed by atoms with E-state index in [4.69, 9.17) is 0 Å². The zero-order chi connectivity index (χ0) is 12.0. The average Bonchev–Trinajstić information content (AvgIpc) is 2.30. The van der Waals surface area contributed by atoms with Gasteiger partial charge in [0.1, 0.15) is 0 Å². The molecule has 5 heteroatoms. The monoisotopic (exact) mass is 371 g/mol. The van der Waals surface area contributed by atoms with Gasteiger partial charge in [-0.25, -0.2) is 0 Å². The van der Waals surface area contributed by atoms with E-state index in [0.717, 1.165) is 30.8 Å². The van der Waals surface area contributed by atoms with Crippen LogP contribution in [0.25, 0.3) is 0 Å². The Hall–Kier alpha value is 0.350. The fraction of sp³-hybridized carbons (Fsp3) is 0.917. The van der Waals surface area contributed by atoms with Crippen LogP contribution >= 0.6 is 35.7 Å². The molecule has 1 atom stereocenters. The van der Waals surface area contributed by atoms with Crippen LogP contribution in [0.3, 0.4) is 0 Å². The molecule has 0 radical (unpaired) electrons. The maximum Gasteiger partial charge on any atom is 0.193 e.